The number of nitrogens with zero attached hydrogens (tertiary/aromatic N) is 2. The van der Waals surface area contributed by atoms with Crippen molar-refractivity contribution in [2.24, 2.45) is 0 Å². The van der Waals surface area contributed by atoms with E-state index >= 15 is 0 Å². The lowest BCUT2D eigenvalue weighted by Gasteiger charge is -1.99. The summed E-state index contributed by atoms with van der Waals surface area (Å²) >= 11 is 0. The Morgan fingerprint density at radius 1 is 1.42 bits per heavy atom. The number of esters is 1. The predicted octanol–water partition coefficient (Wildman–Crippen LogP) is 2.12. The molecule has 0 N–H and O–H groups in total. The van der Waals surface area contributed by atoms with Crippen molar-refractivity contribution in [3.8, 4) is 0 Å². The number of rotatable bonds is 4. The largest absolute Gasteiger partial charge is 0.459 e. The summed E-state index contributed by atoms with van der Waals surface area (Å²) in [6.07, 6.45) is -0.0769. The van der Waals surface area contributed by atoms with Crippen LogP contribution in [0.4, 0.5) is 8.78 Å². The minimum Gasteiger partial charge on any atom is -0.459 e. The molecular formula is C12H10F2N2O3. The Balaban J connectivity index is 2.15. The van der Waals surface area contributed by atoms with Crippen LogP contribution in [0.5, 0.6) is 0 Å². The van der Waals surface area contributed by atoms with E-state index < -0.39 is 17.6 Å². The molecule has 0 radical (unpaired) electrons. The number of aromatic nitrogens is 2. The molecule has 0 aliphatic heterocycles. The maximum absolute atomic E-state index is 13.4. The van der Waals surface area contributed by atoms with Crippen LogP contribution in [-0.2, 0) is 11.2 Å². The number of ether oxygens (including phenoxy) is 1. The molecule has 0 bridgehead atoms. The third kappa shape index (κ3) is 3.12. The zero-order chi connectivity index (χ0) is 13.8. The Labute approximate surface area is 107 Å². The first-order chi connectivity index (χ1) is 9.10. The lowest BCUT2D eigenvalue weighted by Crippen LogP contribution is -2.05. The van der Waals surface area contributed by atoms with E-state index in [1.807, 2.05) is 0 Å². The fourth-order valence-electron chi connectivity index (χ4n) is 1.45. The van der Waals surface area contributed by atoms with E-state index in [1.54, 1.807) is 6.92 Å². The van der Waals surface area contributed by atoms with Crippen LogP contribution in [0.25, 0.3) is 0 Å². The van der Waals surface area contributed by atoms with Gasteiger partial charge in [-0.15, -0.1) is 0 Å². The van der Waals surface area contributed by atoms with Crippen LogP contribution in [-0.4, -0.2) is 22.7 Å². The van der Waals surface area contributed by atoms with Gasteiger partial charge in [-0.2, -0.15) is 4.98 Å². The monoisotopic (exact) mass is 268 g/mol. The Bertz CT molecular complexity index is 598. The Kier molecular flexibility index (Phi) is 3.84. The van der Waals surface area contributed by atoms with Crippen LogP contribution in [0.2, 0.25) is 0 Å². The second-order valence-electron chi connectivity index (χ2n) is 3.65. The van der Waals surface area contributed by atoms with E-state index in [1.165, 1.54) is 0 Å². The van der Waals surface area contributed by atoms with Crippen molar-refractivity contribution in [1.29, 1.82) is 0 Å². The van der Waals surface area contributed by atoms with Gasteiger partial charge in [-0.3, -0.25) is 0 Å². The molecule has 0 amide bonds. The fraction of sp³-hybridized carbons (Fsp3) is 0.250. The normalized spacial score (nSPS) is 10.5. The van der Waals surface area contributed by atoms with E-state index in [0.717, 1.165) is 18.2 Å². The van der Waals surface area contributed by atoms with Gasteiger partial charge in [0.25, 0.3) is 0 Å². The van der Waals surface area contributed by atoms with Crippen molar-refractivity contribution in [2.45, 2.75) is 13.3 Å². The molecule has 2 rings (SSSR count). The summed E-state index contributed by atoms with van der Waals surface area (Å²) in [5.74, 6) is -2.13. The molecule has 2 aromatic rings. The van der Waals surface area contributed by atoms with Gasteiger partial charge in [0.2, 0.25) is 0 Å². The second kappa shape index (κ2) is 5.55. The topological polar surface area (TPSA) is 65.2 Å². The molecule has 0 unspecified atom stereocenters. The average Bonchev–Trinajstić information content (AvgIpc) is 2.83. The molecule has 1 aromatic carbocycles. The Morgan fingerprint density at radius 3 is 2.95 bits per heavy atom. The van der Waals surface area contributed by atoms with Crippen molar-refractivity contribution >= 4 is 5.97 Å². The van der Waals surface area contributed by atoms with Crippen LogP contribution in [0.15, 0.2) is 22.7 Å². The zero-order valence-electron chi connectivity index (χ0n) is 10.0. The third-order valence-corrected chi connectivity index (χ3v) is 2.27. The number of carbonyl (C=O) groups excluding carboxylic acids is 1. The zero-order valence-corrected chi connectivity index (χ0v) is 10.0. The summed E-state index contributed by atoms with van der Waals surface area (Å²) in [5.41, 5.74) is 0.0798. The minimum absolute atomic E-state index is 0.0764. The molecule has 7 heteroatoms. The Morgan fingerprint density at radius 2 is 2.21 bits per heavy atom. The van der Waals surface area contributed by atoms with Gasteiger partial charge in [0, 0.05) is 6.42 Å². The number of hydrogen-bond acceptors (Lipinski definition) is 5. The summed E-state index contributed by atoms with van der Waals surface area (Å²) < 4.78 is 35.7. The standard InChI is InChI=1S/C12H10F2N2O3/c1-2-18-12(17)11-15-10(16-19-11)6-7-5-8(13)3-4-9(7)14/h3-5H,2,6H2,1H3. The summed E-state index contributed by atoms with van der Waals surface area (Å²) in [6.45, 7) is 1.81. The number of halogens is 2. The summed E-state index contributed by atoms with van der Waals surface area (Å²) in [4.78, 5) is 15.0. The first-order valence-electron chi connectivity index (χ1n) is 5.53. The molecule has 0 atom stereocenters. The van der Waals surface area contributed by atoms with Gasteiger partial charge in [0.1, 0.15) is 11.6 Å². The second-order valence-corrected chi connectivity index (χ2v) is 3.65. The van der Waals surface area contributed by atoms with Gasteiger partial charge in [0.15, 0.2) is 5.82 Å². The molecule has 0 spiro atoms. The first kappa shape index (κ1) is 13.1. The van der Waals surface area contributed by atoms with Gasteiger partial charge in [-0.1, -0.05) is 5.16 Å². The maximum Gasteiger partial charge on any atom is 0.397 e. The number of carbonyl (C=O) groups is 1. The molecule has 0 aliphatic rings. The SMILES string of the molecule is CCOC(=O)c1nc(Cc2cc(F)ccc2F)no1. The fourth-order valence-corrected chi connectivity index (χ4v) is 1.45. The minimum atomic E-state index is -0.749. The van der Waals surface area contributed by atoms with E-state index in [-0.39, 0.29) is 30.3 Å². The number of hydrogen-bond donors (Lipinski definition) is 0. The van der Waals surface area contributed by atoms with Crippen LogP contribution in [0, 0.1) is 11.6 Å². The van der Waals surface area contributed by atoms with Gasteiger partial charge in [0.05, 0.1) is 6.61 Å². The summed E-state index contributed by atoms with van der Waals surface area (Å²) in [7, 11) is 0. The smallest absolute Gasteiger partial charge is 0.397 e. The maximum atomic E-state index is 13.4. The molecule has 5 nitrogen and oxygen atoms in total. The van der Waals surface area contributed by atoms with Crippen molar-refractivity contribution in [1.82, 2.24) is 10.1 Å². The highest BCUT2D eigenvalue weighted by Gasteiger charge is 2.17. The molecule has 1 heterocycles. The average molecular weight is 268 g/mol. The number of benzene rings is 1. The van der Waals surface area contributed by atoms with Crippen LogP contribution in [0.1, 0.15) is 29.0 Å². The van der Waals surface area contributed by atoms with Crippen molar-refractivity contribution in [3.63, 3.8) is 0 Å². The van der Waals surface area contributed by atoms with Crippen molar-refractivity contribution in [2.75, 3.05) is 6.61 Å². The third-order valence-electron chi connectivity index (χ3n) is 2.27. The van der Waals surface area contributed by atoms with Gasteiger partial charge < -0.3 is 9.26 Å². The highest BCUT2D eigenvalue weighted by Crippen LogP contribution is 2.13. The van der Waals surface area contributed by atoms with Gasteiger partial charge >= 0.3 is 11.9 Å². The lowest BCUT2D eigenvalue weighted by atomic mass is 10.1. The Hall–Kier alpha value is -2.31. The van der Waals surface area contributed by atoms with E-state index in [4.69, 9.17) is 0 Å². The van der Waals surface area contributed by atoms with Crippen LogP contribution < -0.4 is 0 Å². The summed E-state index contributed by atoms with van der Waals surface area (Å²) in [6, 6.07) is 3.06. The highest BCUT2D eigenvalue weighted by atomic mass is 19.1. The molecule has 1 aromatic heterocycles. The molecule has 0 aliphatic carbocycles. The molecule has 0 saturated heterocycles. The van der Waals surface area contributed by atoms with E-state index in [9.17, 15) is 13.6 Å². The lowest BCUT2D eigenvalue weighted by molar-refractivity contribution is 0.0470. The highest BCUT2D eigenvalue weighted by molar-refractivity contribution is 5.83. The molecule has 0 saturated carbocycles. The molecule has 19 heavy (non-hydrogen) atoms. The quantitative estimate of drug-likeness (QED) is 0.794. The first-order valence-corrected chi connectivity index (χ1v) is 5.53. The van der Waals surface area contributed by atoms with E-state index in [0.29, 0.717) is 0 Å². The van der Waals surface area contributed by atoms with Gasteiger partial charge in [-0.25, -0.2) is 13.6 Å². The van der Waals surface area contributed by atoms with Crippen LogP contribution in [0.3, 0.4) is 0 Å². The molecule has 0 fully saturated rings. The van der Waals surface area contributed by atoms with Crippen molar-refractivity contribution < 1.29 is 22.8 Å². The van der Waals surface area contributed by atoms with E-state index in [2.05, 4.69) is 19.4 Å². The van der Waals surface area contributed by atoms with Crippen LogP contribution >= 0.6 is 0 Å². The van der Waals surface area contributed by atoms with Gasteiger partial charge in [-0.05, 0) is 30.7 Å². The van der Waals surface area contributed by atoms with Crippen molar-refractivity contribution in [3.05, 3.63) is 47.1 Å². The molecule has 100 valence electrons. The molecular weight excluding hydrogens is 258 g/mol. The summed E-state index contributed by atoms with van der Waals surface area (Å²) in [5, 5.41) is 3.51. The predicted molar refractivity (Wildman–Crippen MR) is 59.4 cm³/mol.